The number of pyridine rings is 1. The molecule has 0 spiro atoms. The molecule has 0 saturated heterocycles. The molecule has 5 heteroatoms. The van der Waals surface area contributed by atoms with Crippen molar-refractivity contribution in [3.8, 4) is 0 Å². The van der Waals surface area contributed by atoms with E-state index in [-0.39, 0.29) is 5.91 Å². The minimum atomic E-state index is -0.131. The number of rotatable bonds is 3. The Kier molecular flexibility index (Phi) is 4.63. The van der Waals surface area contributed by atoms with Crippen molar-refractivity contribution in [3.05, 3.63) is 51.5 Å². The molecule has 22 heavy (non-hydrogen) atoms. The van der Waals surface area contributed by atoms with Crippen molar-refractivity contribution in [1.82, 2.24) is 10.4 Å². The predicted molar refractivity (Wildman–Crippen MR) is 89.5 cm³/mol. The molecule has 0 radical (unpaired) electrons. The molecule has 3 rings (SSSR count). The van der Waals surface area contributed by atoms with Gasteiger partial charge in [-0.3, -0.25) is 9.78 Å². The van der Waals surface area contributed by atoms with Gasteiger partial charge in [0.25, 0.3) is 5.91 Å². The first-order chi connectivity index (χ1) is 10.7. The molecule has 0 unspecified atom stereocenters. The Hall–Kier alpha value is -2.01. The van der Waals surface area contributed by atoms with Crippen LogP contribution in [0.3, 0.4) is 0 Å². The maximum atomic E-state index is 12.3. The van der Waals surface area contributed by atoms with E-state index in [1.165, 1.54) is 29.7 Å². The van der Waals surface area contributed by atoms with Crippen LogP contribution in [0.4, 0.5) is 0 Å². The smallest absolute Gasteiger partial charge is 0.266 e. The van der Waals surface area contributed by atoms with Gasteiger partial charge in [-0.2, -0.15) is 5.10 Å². The number of amides is 1. The maximum Gasteiger partial charge on any atom is 0.281 e. The topological polar surface area (TPSA) is 54.4 Å². The average Bonchev–Trinajstić information content (AvgIpc) is 2.84. The molecule has 2 heterocycles. The van der Waals surface area contributed by atoms with Gasteiger partial charge in [0, 0.05) is 11.1 Å². The van der Waals surface area contributed by atoms with Crippen molar-refractivity contribution in [2.24, 2.45) is 5.10 Å². The summed E-state index contributed by atoms with van der Waals surface area (Å²) < 4.78 is 0. The summed E-state index contributed by atoms with van der Waals surface area (Å²) in [7, 11) is 0. The number of nitrogens with zero attached hydrogens (tertiary/aromatic N) is 2. The first-order valence-corrected chi connectivity index (χ1v) is 8.43. The van der Waals surface area contributed by atoms with Gasteiger partial charge in [0.15, 0.2) is 0 Å². The second-order valence-electron chi connectivity index (χ2n) is 5.47. The summed E-state index contributed by atoms with van der Waals surface area (Å²) >= 11 is 1.61. The summed E-state index contributed by atoms with van der Waals surface area (Å²) in [6.45, 7) is 1.84. The summed E-state index contributed by atoms with van der Waals surface area (Å²) in [6, 6.07) is 7.66. The second kappa shape index (κ2) is 6.83. The summed E-state index contributed by atoms with van der Waals surface area (Å²) in [5.41, 5.74) is 5.46. The number of fused-ring (bicyclic) bond motifs is 1. The number of aromatic nitrogens is 1. The number of hydrogen-bond donors (Lipinski definition) is 1. The van der Waals surface area contributed by atoms with Gasteiger partial charge >= 0.3 is 0 Å². The van der Waals surface area contributed by atoms with Gasteiger partial charge in [0.2, 0.25) is 0 Å². The summed E-state index contributed by atoms with van der Waals surface area (Å²) in [5, 5.41) is 4.16. The van der Waals surface area contributed by atoms with E-state index in [0.717, 1.165) is 23.4 Å². The van der Waals surface area contributed by atoms with Gasteiger partial charge in [-0.25, -0.2) is 5.43 Å². The van der Waals surface area contributed by atoms with Crippen LogP contribution < -0.4 is 5.43 Å². The first kappa shape index (κ1) is 14.9. The zero-order valence-corrected chi connectivity index (χ0v) is 13.4. The quantitative estimate of drug-likeness (QED) is 0.535. The number of nitrogens with one attached hydrogen (secondary N) is 1. The Bertz CT molecular complexity index is 668. The molecular weight excluding hydrogens is 294 g/mol. The van der Waals surface area contributed by atoms with Gasteiger partial charge in [-0.1, -0.05) is 12.5 Å². The molecule has 0 aliphatic heterocycles. The molecule has 2 aromatic heterocycles. The molecule has 4 nitrogen and oxygen atoms in total. The van der Waals surface area contributed by atoms with Crippen LogP contribution in [0, 0.1) is 0 Å². The third kappa shape index (κ3) is 3.42. The molecule has 0 atom stereocenters. The molecule has 0 bridgehead atoms. The fourth-order valence-electron chi connectivity index (χ4n) is 2.60. The number of aryl methyl sites for hydroxylation is 2. The Morgan fingerprint density at radius 1 is 1.27 bits per heavy atom. The highest BCUT2D eigenvalue weighted by molar-refractivity contribution is 7.14. The SMILES string of the molecule is C/C(=N/NC(=O)c1cc2c(s1)CCCCC2)c1ccccn1. The Morgan fingerprint density at radius 2 is 2.14 bits per heavy atom. The highest BCUT2D eigenvalue weighted by Gasteiger charge is 2.16. The van der Waals surface area contributed by atoms with Crippen LogP contribution in [0.25, 0.3) is 0 Å². The van der Waals surface area contributed by atoms with E-state index >= 15 is 0 Å². The van der Waals surface area contributed by atoms with E-state index in [1.807, 2.05) is 31.2 Å². The monoisotopic (exact) mass is 313 g/mol. The molecular formula is C17H19N3OS. The second-order valence-corrected chi connectivity index (χ2v) is 6.61. The molecule has 1 N–H and O–H groups in total. The molecule has 1 aliphatic rings. The molecule has 0 saturated carbocycles. The first-order valence-electron chi connectivity index (χ1n) is 7.61. The third-order valence-electron chi connectivity index (χ3n) is 3.83. The van der Waals surface area contributed by atoms with Crippen molar-refractivity contribution >= 4 is 23.0 Å². The minimum Gasteiger partial charge on any atom is -0.266 e. The Labute approximate surface area is 134 Å². The van der Waals surface area contributed by atoms with Crippen LogP contribution in [0.1, 0.15) is 52.0 Å². The van der Waals surface area contributed by atoms with Crippen molar-refractivity contribution in [1.29, 1.82) is 0 Å². The number of hydrogen-bond acceptors (Lipinski definition) is 4. The van der Waals surface area contributed by atoms with Gasteiger partial charge in [-0.15, -0.1) is 11.3 Å². The van der Waals surface area contributed by atoms with E-state index in [1.54, 1.807) is 17.5 Å². The minimum absolute atomic E-state index is 0.131. The summed E-state index contributed by atoms with van der Waals surface area (Å²) in [5.74, 6) is -0.131. The third-order valence-corrected chi connectivity index (χ3v) is 5.07. The predicted octanol–water partition coefficient (Wildman–Crippen LogP) is 3.57. The van der Waals surface area contributed by atoms with Crippen molar-refractivity contribution in [2.45, 2.75) is 39.0 Å². The fourth-order valence-corrected chi connectivity index (χ4v) is 3.75. The fraction of sp³-hybridized carbons (Fsp3) is 0.353. The van der Waals surface area contributed by atoms with E-state index in [4.69, 9.17) is 0 Å². The zero-order chi connectivity index (χ0) is 15.4. The number of hydrazone groups is 1. The highest BCUT2D eigenvalue weighted by Crippen LogP contribution is 2.28. The van der Waals surface area contributed by atoms with Gasteiger partial charge in [0.05, 0.1) is 16.3 Å². The lowest BCUT2D eigenvalue weighted by molar-refractivity contribution is 0.0959. The van der Waals surface area contributed by atoms with Crippen molar-refractivity contribution in [3.63, 3.8) is 0 Å². The molecule has 0 aromatic carbocycles. The lowest BCUT2D eigenvalue weighted by Crippen LogP contribution is -2.18. The van der Waals surface area contributed by atoms with Gasteiger partial charge in [0.1, 0.15) is 0 Å². The van der Waals surface area contributed by atoms with Crippen molar-refractivity contribution in [2.75, 3.05) is 0 Å². The molecule has 1 aliphatic carbocycles. The van der Waals surface area contributed by atoms with Crippen LogP contribution >= 0.6 is 11.3 Å². The standard InChI is InChI=1S/C17H19N3OS/c1-12(14-8-5-6-10-18-14)19-20-17(21)16-11-13-7-3-2-4-9-15(13)22-16/h5-6,8,10-11H,2-4,7,9H2,1H3,(H,20,21)/b19-12-. The molecule has 1 amide bonds. The maximum absolute atomic E-state index is 12.3. The van der Waals surface area contributed by atoms with E-state index in [2.05, 4.69) is 15.5 Å². The molecule has 114 valence electrons. The average molecular weight is 313 g/mol. The summed E-state index contributed by atoms with van der Waals surface area (Å²) in [4.78, 5) is 18.6. The molecule has 2 aromatic rings. The lowest BCUT2D eigenvalue weighted by Gasteiger charge is -2.00. The largest absolute Gasteiger partial charge is 0.281 e. The number of thiophene rings is 1. The normalized spacial score (nSPS) is 15.0. The Balaban J connectivity index is 1.70. The van der Waals surface area contributed by atoms with Gasteiger partial charge in [-0.05, 0) is 56.4 Å². The van der Waals surface area contributed by atoms with Crippen LogP contribution in [-0.4, -0.2) is 16.6 Å². The van der Waals surface area contributed by atoms with E-state index < -0.39 is 0 Å². The van der Waals surface area contributed by atoms with Crippen LogP contribution in [-0.2, 0) is 12.8 Å². The molecule has 0 fully saturated rings. The van der Waals surface area contributed by atoms with Gasteiger partial charge < -0.3 is 0 Å². The lowest BCUT2D eigenvalue weighted by atomic mass is 10.1. The van der Waals surface area contributed by atoms with Crippen molar-refractivity contribution < 1.29 is 4.79 Å². The van der Waals surface area contributed by atoms with E-state index in [0.29, 0.717) is 5.71 Å². The zero-order valence-electron chi connectivity index (χ0n) is 12.6. The summed E-state index contributed by atoms with van der Waals surface area (Å²) in [6.07, 6.45) is 7.65. The Morgan fingerprint density at radius 3 is 2.95 bits per heavy atom. The van der Waals surface area contributed by atoms with Crippen LogP contribution in [0.2, 0.25) is 0 Å². The highest BCUT2D eigenvalue weighted by atomic mass is 32.1. The van der Waals surface area contributed by atoms with Crippen LogP contribution in [0.15, 0.2) is 35.6 Å². The van der Waals surface area contributed by atoms with E-state index in [9.17, 15) is 4.79 Å². The number of carbonyl (C=O) groups excluding carboxylic acids is 1. The van der Waals surface area contributed by atoms with Crippen LogP contribution in [0.5, 0.6) is 0 Å². The number of carbonyl (C=O) groups is 1.